The number of ether oxygens (including phenoxy) is 2. The first-order valence-corrected chi connectivity index (χ1v) is 32.8. The number of nitrogens with zero attached hydrogens (tertiary/aromatic N) is 4. The Morgan fingerprint density at radius 1 is 0.553 bits per heavy atom. The average Bonchev–Trinajstić information content (AvgIpc) is 1.66. The van der Waals surface area contributed by atoms with Gasteiger partial charge in [0.2, 0.25) is 47.3 Å². The number of rotatable bonds is 8. The van der Waals surface area contributed by atoms with Crippen molar-refractivity contribution in [2.24, 2.45) is 5.73 Å². The number of carbonyl (C=O) groups is 13. The number of amides is 11. The molecule has 12 rings (SSSR count). The van der Waals surface area contributed by atoms with E-state index in [1.54, 1.807) is 47.4 Å². The molecular formula is C64H61Br4ClN10O15. The lowest BCUT2D eigenvalue weighted by atomic mass is 10.0. The van der Waals surface area contributed by atoms with E-state index < -0.39 is 30.1 Å². The molecule has 0 bridgehead atoms. The van der Waals surface area contributed by atoms with Crippen molar-refractivity contribution < 1.29 is 71.8 Å². The highest BCUT2D eigenvalue weighted by Crippen LogP contribution is 2.32. The van der Waals surface area contributed by atoms with Crippen LogP contribution >= 0.6 is 75.5 Å². The van der Waals surface area contributed by atoms with Crippen molar-refractivity contribution in [3.05, 3.63) is 171 Å². The maximum atomic E-state index is 12.4. The predicted molar refractivity (Wildman–Crippen MR) is 351 cm³/mol. The quantitative estimate of drug-likeness (QED) is 0.0410. The average molecular weight is 1570 g/mol. The van der Waals surface area contributed by atoms with E-state index in [1.165, 1.54) is 24.0 Å². The number of imide groups is 4. The standard InChI is InChI=1S/C14H15N3O3.C14H11N3O3.C13H11BrN2O3.C9H8Br2O2.C9H9BrO2.C5H7ClN2O2/c2*15-6-8-1-2-10-9(5-8)7-17(14(10)20)11-3-4-12(18)16-13(11)19;14-8-1-2-9-7(5-8)6-16(13(9)19)10-3-4-11(17)15-12(10)18;1-13-9(12)8-3-2-7(11)4-6(8)5-10;1-6-5-7(10)3-4-8(6)9(11)12-2;6-8-3-1-2-4(9)7-5(3)10/h1-2,5,11H,3-4,6-7,15H2,(H,16,18,19);1-2,5,11H,3-4,7H2,(H,16,18,19);1-2,5,10H,3-4,6H2,(H,15,17,18);2-4H,5H2,1H3;3-5H,1-2H3;3,8H,1-2H2,(H,7,9,10). The molecule has 0 spiro atoms. The lowest BCUT2D eigenvalue weighted by Crippen LogP contribution is -2.52. The van der Waals surface area contributed by atoms with Gasteiger partial charge >= 0.3 is 11.9 Å². The van der Waals surface area contributed by atoms with Crippen molar-refractivity contribution in [3.8, 4) is 6.07 Å². The van der Waals surface area contributed by atoms with Gasteiger partial charge in [-0.15, -0.1) is 0 Å². The van der Waals surface area contributed by atoms with E-state index in [0.717, 1.165) is 46.8 Å². The van der Waals surface area contributed by atoms with Crippen LogP contribution in [-0.4, -0.2) is 130 Å². The summed E-state index contributed by atoms with van der Waals surface area (Å²) in [5.41, 5.74) is 14.4. The van der Waals surface area contributed by atoms with Crippen LogP contribution in [0.2, 0.25) is 0 Å². The maximum Gasteiger partial charge on any atom is 0.338 e. The Kier molecular flexibility index (Phi) is 26.1. The van der Waals surface area contributed by atoms with Gasteiger partial charge in [0.05, 0.1) is 37.0 Å². The molecule has 11 amide bonds. The van der Waals surface area contributed by atoms with Gasteiger partial charge in [0, 0.05) is 87.3 Å². The molecule has 7 aliphatic heterocycles. The van der Waals surface area contributed by atoms with Gasteiger partial charge in [-0.05, 0) is 157 Å². The van der Waals surface area contributed by atoms with Crippen LogP contribution in [-0.2, 0) is 79.3 Å². The van der Waals surface area contributed by atoms with E-state index in [0.29, 0.717) is 97.0 Å². The number of halogens is 5. The largest absolute Gasteiger partial charge is 0.465 e. The van der Waals surface area contributed by atoms with Crippen LogP contribution < -0.4 is 31.8 Å². The molecule has 5 aromatic carbocycles. The number of fused-ring (bicyclic) bond motifs is 3. The summed E-state index contributed by atoms with van der Waals surface area (Å²) in [6.07, 6.45) is 2.74. The molecule has 5 aromatic rings. The Hall–Kier alpha value is -8.37. The zero-order chi connectivity index (χ0) is 68.7. The van der Waals surface area contributed by atoms with Gasteiger partial charge in [-0.3, -0.25) is 74.0 Å². The van der Waals surface area contributed by atoms with E-state index in [1.807, 2.05) is 61.5 Å². The number of benzene rings is 5. The van der Waals surface area contributed by atoms with Crippen LogP contribution in [0.15, 0.2) is 104 Å². The fourth-order valence-electron chi connectivity index (χ4n) is 10.7. The van der Waals surface area contributed by atoms with Gasteiger partial charge in [-0.1, -0.05) is 75.9 Å². The fourth-order valence-corrected chi connectivity index (χ4v) is 12.7. The zero-order valence-electron chi connectivity index (χ0n) is 50.5. The van der Waals surface area contributed by atoms with Crippen LogP contribution in [0.5, 0.6) is 0 Å². The Labute approximate surface area is 577 Å². The number of piperidine rings is 4. The molecule has 94 heavy (non-hydrogen) atoms. The lowest BCUT2D eigenvalue weighted by Gasteiger charge is -2.29. The molecule has 25 nitrogen and oxygen atoms in total. The van der Waals surface area contributed by atoms with Crippen molar-refractivity contribution in [2.75, 3.05) is 14.2 Å². The van der Waals surface area contributed by atoms with E-state index in [2.05, 4.69) is 99.3 Å². The number of aryl methyl sites for hydroxylation is 1. The van der Waals surface area contributed by atoms with Crippen LogP contribution in [0.4, 0.5) is 0 Å². The van der Waals surface area contributed by atoms with Gasteiger partial charge in [0.1, 0.15) is 24.2 Å². The molecular weight excluding hydrogens is 1500 g/mol. The summed E-state index contributed by atoms with van der Waals surface area (Å²) in [6, 6.07) is 26.6. The molecule has 7 aliphatic rings. The summed E-state index contributed by atoms with van der Waals surface area (Å²) in [7, 11) is 2.76. The number of nitrogens with two attached hydrogens (primary N) is 1. The van der Waals surface area contributed by atoms with Crippen LogP contribution in [0.25, 0.3) is 0 Å². The summed E-state index contributed by atoms with van der Waals surface area (Å²) in [5.74, 6) is -3.73. The van der Waals surface area contributed by atoms with Gasteiger partial charge in [0.25, 0.3) is 17.7 Å². The van der Waals surface area contributed by atoms with Gasteiger partial charge < -0.3 is 29.9 Å². The second-order valence-corrected chi connectivity index (χ2v) is 25.2. The van der Waals surface area contributed by atoms with Crippen molar-refractivity contribution in [1.29, 1.82) is 5.26 Å². The molecule has 7 heterocycles. The first kappa shape index (κ1) is 73.0. The van der Waals surface area contributed by atoms with Crippen LogP contribution in [0, 0.1) is 18.3 Å². The minimum Gasteiger partial charge on any atom is -0.465 e. The molecule has 4 atom stereocenters. The molecule has 30 heteroatoms. The number of alkyl halides is 1. The molecule has 0 saturated carbocycles. The summed E-state index contributed by atoms with van der Waals surface area (Å²) in [5, 5.41) is 18.5. The van der Waals surface area contributed by atoms with E-state index >= 15 is 0 Å². The van der Waals surface area contributed by atoms with Crippen molar-refractivity contribution in [2.45, 2.75) is 114 Å². The normalized spacial score (nSPS) is 19.1. The number of hydrogen-bond acceptors (Lipinski definition) is 18. The number of hydrogen-bond donors (Lipinski definition) is 6. The Balaban J connectivity index is 0.000000163. The molecule has 492 valence electrons. The molecule has 0 radical (unpaired) electrons. The summed E-state index contributed by atoms with van der Waals surface area (Å²) >= 11 is 18.5. The fraction of sp³-hybridized carbons (Fsp3) is 0.312. The molecule has 0 aliphatic carbocycles. The Morgan fingerprint density at radius 2 is 0.947 bits per heavy atom. The zero-order valence-corrected chi connectivity index (χ0v) is 57.6. The minimum absolute atomic E-state index is 0.142. The van der Waals surface area contributed by atoms with Crippen molar-refractivity contribution in [3.63, 3.8) is 0 Å². The maximum absolute atomic E-state index is 12.4. The van der Waals surface area contributed by atoms with E-state index in [4.69, 9.17) is 22.8 Å². The highest BCUT2D eigenvalue weighted by molar-refractivity contribution is 9.11. The highest BCUT2D eigenvalue weighted by Gasteiger charge is 2.42. The second kappa shape index (κ2) is 33.6. The first-order chi connectivity index (χ1) is 44.8. The number of nitrogens with one attached hydrogen (secondary N) is 5. The number of nitriles is 1. The van der Waals surface area contributed by atoms with Crippen molar-refractivity contribution >= 4 is 152 Å². The first-order valence-electron chi connectivity index (χ1n) is 28.9. The minimum atomic E-state index is -0.613. The highest BCUT2D eigenvalue weighted by atomic mass is 79.9. The van der Waals surface area contributed by atoms with Gasteiger partial charge in [-0.2, -0.15) is 5.26 Å². The summed E-state index contributed by atoms with van der Waals surface area (Å²) in [4.78, 5) is 156. The lowest BCUT2D eigenvalue weighted by molar-refractivity contribution is -0.138. The van der Waals surface area contributed by atoms with Gasteiger partial charge in [-0.25, -0.2) is 14.4 Å². The third kappa shape index (κ3) is 18.3. The number of esters is 2. The number of carbonyl (C=O) groups excluding carboxylic acids is 13. The molecule has 7 N–H and O–H groups in total. The third-order valence-electron chi connectivity index (χ3n) is 15.5. The second-order valence-electron chi connectivity index (χ2n) is 21.7. The predicted octanol–water partition coefficient (Wildman–Crippen LogP) is 6.65. The smallest absolute Gasteiger partial charge is 0.338 e. The third-order valence-corrected chi connectivity index (χ3v) is 17.9. The van der Waals surface area contributed by atoms with E-state index in [-0.39, 0.29) is 90.3 Å². The van der Waals surface area contributed by atoms with Crippen LogP contribution in [0.1, 0.15) is 142 Å². The summed E-state index contributed by atoms with van der Waals surface area (Å²) < 4.78 is 12.1. The van der Waals surface area contributed by atoms with Crippen molar-refractivity contribution in [1.82, 2.24) is 40.8 Å². The molecule has 0 aromatic heterocycles. The summed E-state index contributed by atoms with van der Waals surface area (Å²) in [6.45, 7) is 3.40. The van der Waals surface area contributed by atoms with Gasteiger partial charge in [0.15, 0.2) is 0 Å². The number of methoxy groups -OCH3 is 2. The molecule has 4 fully saturated rings. The topological polar surface area (TPSA) is 360 Å². The monoisotopic (exact) mass is 1560 g/mol. The van der Waals surface area contributed by atoms with E-state index in [9.17, 15) is 62.3 Å². The molecule has 4 unspecified atom stereocenters. The molecule has 4 saturated heterocycles. The Bertz CT molecular complexity index is 3940. The van der Waals surface area contributed by atoms with Crippen LogP contribution in [0.3, 0.4) is 0 Å². The SMILES string of the molecule is COC(=O)c1ccc(Br)cc1C.COC(=O)c1ccc(Br)cc1CBr.N#Cc1ccc2c(c1)CN(C1CCC(=O)NC1=O)C2=O.NCc1ccc2c(c1)CN(C1CCC(=O)NC1=O)C2=O.O=C1CCC(N2Cc3cc(Br)ccc3C2=O)C(=O)N1.O=C1CCC(NCl)C(=O)N1. The Morgan fingerprint density at radius 3 is 1.37 bits per heavy atom.